The number of ether oxygens (including phenoxy) is 1. The van der Waals surface area contributed by atoms with Gasteiger partial charge in [-0.25, -0.2) is 0 Å². The number of nitrogens with one attached hydrogen (secondary N) is 1. The van der Waals surface area contributed by atoms with Crippen LogP contribution in [-0.4, -0.2) is 22.7 Å². The van der Waals surface area contributed by atoms with E-state index in [9.17, 15) is 9.90 Å². The Morgan fingerprint density at radius 3 is 2.70 bits per heavy atom. The van der Waals surface area contributed by atoms with Crippen LogP contribution in [0, 0.1) is 5.92 Å². The Labute approximate surface area is 137 Å². The van der Waals surface area contributed by atoms with E-state index < -0.39 is 6.10 Å². The summed E-state index contributed by atoms with van der Waals surface area (Å²) in [6, 6.07) is 8.05. The van der Waals surface area contributed by atoms with Gasteiger partial charge in [0.15, 0.2) is 0 Å². The molecule has 0 aromatic heterocycles. The van der Waals surface area contributed by atoms with E-state index in [0.717, 1.165) is 49.8 Å². The first kappa shape index (κ1) is 15.0. The molecule has 0 radical (unpaired) electrons. The molecule has 1 aromatic rings. The quantitative estimate of drug-likeness (QED) is 0.881. The van der Waals surface area contributed by atoms with Crippen LogP contribution < -0.4 is 10.1 Å². The zero-order valence-electron chi connectivity index (χ0n) is 13.5. The summed E-state index contributed by atoms with van der Waals surface area (Å²) in [5, 5.41) is 13.2. The lowest BCUT2D eigenvalue weighted by molar-refractivity contribution is -0.128. The van der Waals surface area contributed by atoms with Crippen molar-refractivity contribution in [2.24, 2.45) is 5.92 Å². The molecule has 3 atom stereocenters. The minimum absolute atomic E-state index is 0.00153. The normalized spacial score (nSPS) is 31.6. The number of amides is 1. The molecule has 4 rings (SSSR count). The topological polar surface area (TPSA) is 58.6 Å². The van der Waals surface area contributed by atoms with E-state index in [1.807, 2.05) is 24.3 Å². The van der Waals surface area contributed by atoms with Gasteiger partial charge in [-0.3, -0.25) is 4.79 Å². The number of aliphatic hydroxyl groups excluding tert-OH is 1. The first-order chi connectivity index (χ1) is 11.2. The number of rotatable bonds is 2. The lowest BCUT2D eigenvalue weighted by atomic mass is 9.85. The predicted molar refractivity (Wildman–Crippen MR) is 87.1 cm³/mol. The third kappa shape index (κ3) is 2.74. The molecule has 1 spiro atoms. The zero-order chi connectivity index (χ0) is 15.9. The number of hydrogen-bond acceptors (Lipinski definition) is 3. The Morgan fingerprint density at radius 2 is 1.96 bits per heavy atom. The van der Waals surface area contributed by atoms with E-state index in [1.165, 1.54) is 12.8 Å². The monoisotopic (exact) mass is 315 g/mol. The van der Waals surface area contributed by atoms with Crippen LogP contribution in [-0.2, 0) is 4.79 Å². The van der Waals surface area contributed by atoms with E-state index in [4.69, 9.17) is 4.74 Å². The molecule has 2 N–H and O–H groups in total. The average Bonchev–Trinajstić information content (AvgIpc) is 3.16. The molecule has 0 saturated heterocycles. The van der Waals surface area contributed by atoms with Crippen LogP contribution >= 0.6 is 0 Å². The second kappa shape index (κ2) is 5.82. The van der Waals surface area contributed by atoms with Crippen molar-refractivity contribution in [1.29, 1.82) is 0 Å². The third-order valence-corrected chi connectivity index (χ3v) is 5.84. The summed E-state index contributed by atoms with van der Waals surface area (Å²) in [7, 11) is 0. The minimum Gasteiger partial charge on any atom is -0.487 e. The lowest BCUT2D eigenvalue weighted by Gasteiger charge is -2.40. The lowest BCUT2D eigenvalue weighted by Crippen LogP contribution is -2.45. The van der Waals surface area contributed by atoms with Gasteiger partial charge >= 0.3 is 0 Å². The molecule has 2 aliphatic carbocycles. The fraction of sp³-hybridized carbons (Fsp3) is 0.632. The second-order valence-corrected chi connectivity index (χ2v) is 7.40. The van der Waals surface area contributed by atoms with E-state index in [2.05, 4.69) is 5.32 Å². The molecule has 1 amide bonds. The summed E-state index contributed by atoms with van der Waals surface area (Å²) in [6.07, 6.45) is 7.38. The van der Waals surface area contributed by atoms with Crippen LogP contribution in [0.15, 0.2) is 24.3 Å². The molecule has 1 aromatic carbocycles. The van der Waals surface area contributed by atoms with Crippen molar-refractivity contribution in [3.05, 3.63) is 29.8 Å². The molecule has 2 fully saturated rings. The third-order valence-electron chi connectivity index (χ3n) is 5.84. The summed E-state index contributed by atoms with van der Waals surface area (Å²) in [5.74, 6) is 0.673. The SMILES string of the molecule is O=C(NC1CC2(CCCC2)Oc2ccccc21)C1CCCC1O. The van der Waals surface area contributed by atoms with Gasteiger partial charge in [0.25, 0.3) is 0 Å². The standard InChI is InChI=1S/C19H25NO3/c21-16-8-5-7-14(16)18(22)20-15-12-19(10-3-4-11-19)23-17-9-2-1-6-13(15)17/h1-2,6,9,14-16,21H,3-5,7-8,10-12H2,(H,20,22). The highest BCUT2D eigenvalue weighted by Crippen LogP contribution is 2.47. The van der Waals surface area contributed by atoms with Gasteiger partial charge in [0.2, 0.25) is 5.91 Å². The number of aliphatic hydroxyl groups is 1. The first-order valence-electron chi connectivity index (χ1n) is 8.93. The molecular weight excluding hydrogens is 290 g/mol. The molecule has 3 aliphatic rings. The molecule has 2 saturated carbocycles. The zero-order valence-corrected chi connectivity index (χ0v) is 13.5. The van der Waals surface area contributed by atoms with Gasteiger partial charge in [0.1, 0.15) is 11.4 Å². The molecule has 124 valence electrons. The minimum atomic E-state index is -0.481. The van der Waals surface area contributed by atoms with E-state index >= 15 is 0 Å². The summed E-state index contributed by atoms with van der Waals surface area (Å²) < 4.78 is 6.34. The van der Waals surface area contributed by atoms with Gasteiger partial charge in [0, 0.05) is 12.0 Å². The van der Waals surface area contributed by atoms with Crippen molar-refractivity contribution in [3.63, 3.8) is 0 Å². The van der Waals surface area contributed by atoms with Crippen molar-refractivity contribution in [3.8, 4) is 5.75 Å². The highest BCUT2D eigenvalue weighted by atomic mass is 16.5. The average molecular weight is 315 g/mol. The molecule has 23 heavy (non-hydrogen) atoms. The number of benzene rings is 1. The van der Waals surface area contributed by atoms with Crippen LogP contribution in [0.2, 0.25) is 0 Å². The van der Waals surface area contributed by atoms with Gasteiger partial charge in [0.05, 0.1) is 18.1 Å². The Morgan fingerprint density at radius 1 is 1.17 bits per heavy atom. The maximum atomic E-state index is 12.6. The second-order valence-electron chi connectivity index (χ2n) is 7.40. The highest BCUT2D eigenvalue weighted by Gasteiger charge is 2.44. The molecule has 0 bridgehead atoms. The van der Waals surface area contributed by atoms with Crippen LogP contribution in [0.1, 0.15) is 63.0 Å². The summed E-state index contributed by atoms with van der Waals surface area (Å²) >= 11 is 0. The van der Waals surface area contributed by atoms with Gasteiger partial charge in [-0.1, -0.05) is 18.2 Å². The van der Waals surface area contributed by atoms with Crippen molar-refractivity contribution in [1.82, 2.24) is 5.32 Å². The van der Waals surface area contributed by atoms with Gasteiger partial charge in [-0.2, -0.15) is 0 Å². The summed E-state index contributed by atoms with van der Waals surface area (Å²) in [5.41, 5.74) is 0.964. The fourth-order valence-corrected chi connectivity index (χ4v) is 4.60. The number of hydrogen-bond donors (Lipinski definition) is 2. The van der Waals surface area contributed by atoms with Crippen molar-refractivity contribution >= 4 is 5.91 Å². The Balaban J connectivity index is 1.57. The highest BCUT2D eigenvalue weighted by molar-refractivity contribution is 5.80. The van der Waals surface area contributed by atoms with Crippen molar-refractivity contribution in [2.45, 2.75) is 69.1 Å². The smallest absolute Gasteiger partial charge is 0.226 e. The maximum absolute atomic E-state index is 12.6. The molecule has 4 nitrogen and oxygen atoms in total. The molecule has 3 unspecified atom stereocenters. The Kier molecular flexibility index (Phi) is 3.80. The Bertz CT molecular complexity index is 594. The summed E-state index contributed by atoms with van der Waals surface area (Å²) in [6.45, 7) is 0. The fourth-order valence-electron chi connectivity index (χ4n) is 4.60. The van der Waals surface area contributed by atoms with Gasteiger partial charge in [-0.15, -0.1) is 0 Å². The number of para-hydroxylation sites is 1. The molecule has 1 heterocycles. The van der Waals surface area contributed by atoms with E-state index in [0.29, 0.717) is 0 Å². The van der Waals surface area contributed by atoms with Gasteiger partial charge in [-0.05, 0) is 51.0 Å². The first-order valence-corrected chi connectivity index (χ1v) is 8.93. The Hall–Kier alpha value is -1.55. The van der Waals surface area contributed by atoms with E-state index in [-0.39, 0.29) is 23.5 Å². The largest absolute Gasteiger partial charge is 0.487 e. The van der Waals surface area contributed by atoms with Crippen molar-refractivity contribution in [2.75, 3.05) is 0 Å². The molecular formula is C19H25NO3. The summed E-state index contributed by atoms with van der Waals surface area (Å²) in [4.78, 5) is 12.6. The number of fused-ring (bicyclic) bond motifs is 1. The predicted octanol–water partition coefficient (Wildman–Crippen LogP) is 3.10. The molecule has 4 heteroatoms. The van der Waals surface area contributed by atoms with E-state index in [1.54, 1.807) is 0 Å². The number of carbonyl (C=O) groups excluding carboxylic acids is 1. The van der Waals surface area contributed by atoms with Crippen LogP contribution in [0.3, 0.4) is 0 Å². The molecule has 1 aliphatic heterocycles. The van der Waals surface area contributed by atoms with Crippen LogP contribution in [0.5, 0.6) is 5.75 Å². The van der Waals surface area contributed by atoms with Crippen LogP contribution in [0.25, 0.3) is 0 Å². The number of carbonyl (C=O) groups is 1. The van der Waals surface area contributed by atoms with Gasteiger partial charge < -0.3 is 15.2 Å². The maximum Gasteiger partial charge on any atom is 0.226 e. The van der Waals surface area contributed by atoms with Crippen molar-refractivity contribution < 1.29 is 14.6 Å². The van der Waals surface area contributed by atoms with Crippen LogP contribution in [0.4, 0.5) is 0 Å².